The topological polar surface area (TPSA) is 119 Å². The fourth-order valence-electron chi connectivity index (χ4n) is 2.20. The number of hydrogen-bond acceptors (Lipinski definition) is 5. The van der Waals surface area contributed by atoms with E-state index in [1.54, 1.807) is 0 Å². The van der Waals surface area contributed by atoms with Gasteiger partial charge < -0.3 is 5.32 Å². The predicted molar refractivity (Wildman–Crippen MR) is 75.6 cm³/mol. The molecular formula is C12H10F6N6O3. The van der Waals surface area contributed by atoms with Gasteiger partial charge in [0.15, 0.2) is 5.69 Å². The summed E-state index contributed by atoms with van der Waals surface area (Å²) in [5.41, 5.74) is -6.01. The number of anilines is 1. The van der Waals surface area contributed by atoms with E-state index in [0.717, 1.165) is 6.92 Å². The lowest BCUT2D eigenvalue weighted by Crippen LogP contribution is -2.22. The van der Waals surface area contributed by atoms with Gasteiger partial charge in [0, 0.05) is 0 Å². The Bertz CT molecular complexity index is 897. The second-order valence-electron chi connectivity index (χ2n) is 5.31. The van der Waals surface area contributed by atoms with Gasteiger partial charge in [0.1, 0.15) is 12.2 Å². The van der Waals surface area contributed by atoms with Gasteiger partial charge in [-0.15, -0.1) is 0 Å². The van der Waals surface area contributed by atoms with E-state index >= 15 is 0 Å². The van der Waals surface area contributed by atoms with Gasteiger partial charge in [0.2, 0.25) is 11.6 Å². The molecule has 9 nitrogen and oxygen atoms in total. The first-order valence-corrected chi connectivity index (χ1v) is 6.94. The minimum atomic E-state index is -5.15. The fourth-order valence-corrected chi connectivity index (χ4v) is 2.20. The molecule has 0 saturated carbocycles. The van der Waals surface area contributed by atoms with Gasteiger partial charge in [-0.05, 0) is 13.8 Å². The Hall–Kier alpha value is -3.13. The molecule has 2 heterocycles. The molecule has 2 N–H and O–H groups in total. The summed E-state index contributed by atoms with van der Waals surface area (Å²) < 4.78 is 77.5. The molecule has 0 aliphatic heterocycles. The number of carbonyl (C=O) groups is 1. The highest BCUT2D eigenvalue weighted by molar-refractivity contribution is 5.91. The molecule has 148 valence electrons. The molecule has 0 aromatic carbocycles. The number of amides is 1. The smallest absolute Gasteiger partial charge is 0.321 e. The Morgan fingerprint density at radius 3 is 2.19 bits per heavy atom. The summed E-state index contributed by atoms with van der Waals surface area (Å²) in [6.45, 7) is 1.13. The van der Waals surface area contributed by atoms with Crippen LogP contribution < -0.4 is 5.32 Å². The summed E-state index contributed by atoms with van der Waals surface area (Å²) in [6.07, 6.45) is -10.0. The summed E-state index contributed by atoms with van der Waals surface area (Å²) >= 11 is 0. The molecule has 0 saturated heterocycles. The van der Waals surface area contributed by atoms with Crippen LogP contribution in [-0.2, 0) is 23.7 Å². The second kappa shape index (κ2) is 6.55. The molecule has 0 unspecified atom stereocenters. The first-order valence-electron chi connectivity index (χ1n) is 6.94. The number of carbonyl (C=O) groups excluding carboxylic acids is 1. The predicted octanol–water partition coefficient (Wildman–Crippen LogP) is 2.81. The summed E-state index contributed by atoms with van der Waals surface area (Å²) in [5.74, 6) is -1.18. The van der Waals surface area contributed by atoms with E-state index in [9.17, 15) is 41.3 Å². The molecule has 0 aliphatic carbocycles. The van der Waals surface area contributed by atoms with Crippen molar-refractivity contribution in [3.63, 3.8) is 0 Å². The Labute approximate surface area is 145 Å². The van der Waals surface area contributed by atoms with Crippen molar-refractivity contribution < 1.29 is 36.1 Å². The highest BCUT2D eigenvalue weighted by atomic mass is 19.4. The average molecular weight is 400 g/mol. The van der Waals surface area contributed by atoms with Crippen LogP contribution in [-0.4, -0.2) is 30.8 Å². The number of rotatable bonds is 4. The molecule has 0 bridgehead atoms. The third-order valence-electron chi connectivity index (χ3n) is 3.40. The van der Waals surface area contributed by atoms with Crippen molar-refractivity contribution in [3.8, 4) is 0 Å². The van der Waals surface area contributed by atoms with Crippen molar-refractivity contribution in [1.82, 2.24) is 20.0 Å². The highest BCUT2D eigenvalue weighted by Gasteiger charge is 2.44. The zero-order valence-electron chi connectivity index (χ0n) is 13.5. The van der Waals surface area contributed by atoms with Crippen LogP contribution in [0.15, 0.2) is 0 Å². The van der Waals surface area contributed by atoms with Crippen LogP contribution >= 0.6 is 0 Å². The third-order valence-corrected chi connectivity index (χ3v) is 3.40. The Balaban J connectivity index is 2.33. The zero-order valence-corrected chi connectivity index (χ0v) is 13.5. The first kappa shape index (κ1) is 20.2. The Morgan fingerprint density at radius 2 is 1.74 bits per heavy atom. The lowest BCUT2D eigenvalue weighted by Gasteiger charge is -2.09. The molecule has 1 amide bonds. The second-order valence-corrected chi connectivity index (χ2v) is 5.31. The van der Waals surface area contributed by atoms with Crippen LogP contribution in [0.5, 0.6) is 0 Å². The average Bonchev–Trinajstić information content (AvgIpc) is 3.00. The molecular weight excluding hydrogens is 390 g/mol. The lowest BCUT2D eigenvalue weighted by atomic mass is 10.3. The van der Waals surface area contributed by atoms with Crippen LogP contribution in [0, 0.1) is 24.0 Å². The van der Waals surface area contributed by atoms with Gasteiger partial charge in [-0.1, -0.05) is 0 Å². The minimum absolute atomic E-state index is 0.144. The number of nitrogens with one attached hydrogen (secondary N) is 2. The summed E-state index contributed by atoms with van der Waals surface area (Å²) in [6, 6.07) is 0. The van der Waals surface area contributed by atoms with Crippen LogP contribution in [0.3, 0.4) is 0 Å². The van der Waals surface area contributed by atoms with Gasteiger partial charge in [0.05, 0.1) is 16.3 Å². The van der Waals surface area contributed by atoms with Crippen LogP contribution in [0.2, 0.25) is 0 Å². The normalized spacial score (nSPS) is 12.3. The van der Waals surface area contributed by atoms with Crippen molar-refractivity contribution in [2.75, 3.05) is 5.32 Å². The van der Waals surface area contributed by atoms with Crippen LogP contribution in [0.1, 0.15) is 22.8 Å². The third kappa shape index (κ3) is 4.01. The maximum atomic E-state index is 12.9. The molecule has 0 aliphatic rings. The molecule has 0 fully saturated rings. The monoisotopic (exact) mass is 400 g/mol. The maximum Gasteiger partial charge on any atom is 0.442 e. The molecule has 0 spiro atoms. The maximum absolute atomic E-state index is 12.9. The van der Waals surface area contributed by atoms with E-state index < -0.39 is 58.2 Å². The van der Waals surface area contributed by atoms with E-state index in [-0.39, 0.29) is 5.69 Å². The number of alkyl halides is 6. The van der Waals surface area contributed by atoms with E-state index in [0.29, 0.717) is 4.68 Å². The first-order chi connectivity index (χ1) is 12.2. The number of aromatic amines is 1. The molecule has 2 aromatic rings. The van der Waals surface area contributed by atoms with Crippen LogP contribution in [0.25, 0.3) is 0 Å². The largest absolute Gasteiger partial charge is 0.442 e. The molecule has 15 heteroatoms. The van der Waals surface area contributed by atoms with E-state index in [1.807, 2.05) is 10.4 Å². The van der Waals surface area contributed by atoms with Crippen molar-refractivity contribution in [2.24, 2.45) is 0 Å². The number of hydrogen-bond donors (Lipinski definition) is 2. The molecule has 0 radical (unpaired) electrons. The van der Waals surface area contributed by atoms with Crippen molar-refractivity contribution in [3.05, 3.63) is 32.9 Å². The standard InChI is InChI=1S/C12H10F6N6O3/c1-4-7(9(21-20-4)11(13,14)15)19-6(25)3-23-5(2)8(24(26)27)10(22-23)12(16,17)18/h3H2,1-2H3,(H,19,25)(H,20,21). The quantitative estimate of drug-likeness (QED) is 0.465. The van der Waals surface area contributed by atoms with E-state index in [2.05, 4.69) is 10.2 Å². The van der Waals surface area contributed by atoms with Gasteiger partial charge in [-0.2, -0.15) is 36.5 Å². The Kier molecular flexibility index (Phi) is 4.90. The SMILES string of the molecule is Cc1[nH]nc(C(F)(F)F)c1NC(=O)Cn1nc(C(F)(F)F)c([N+](=O)[O-])c1C. The zero-order chi connectivity index (χ0) is 20.7. The summed E-state index contributed by atoms with van der Waals surface area (Å²) in [5, 5.41) is 20.8. The van der Waals surface area contributed by atoms with Crippen molar-refractivity contribution >= 4 is 17.3 Å². The summed E-state index contributed by atoms with van der Waals surface area (Å²) in [7, 11) is 0. The van der Waals surface area contributed by atoms with E-state index in [1.165, 1.54) is 6.92 Å². The van der Waals surface area contributed by atoms with Gasteiger partial charge in [-0.25, -0.2) is 0 Å². The van der Waals surface area contributed by atoms with Crippen LogP contribution in [0.4, 0.5) is 37.7 Å². The lowest BCUT2D eigenvalue weighted by molar-refractivity contribution is -0.388. The Morgan fingerprint density at radius 1 is 1.19 bits per heavy atom. The number of aromatic nitrogens is 4. The number of H-pyrrole nitrogens is 1. The van der Waals surface area contributed by atoms with Gasteiger partial charge in [0.25, 0.3) is 0 Å². The summed E-state index contributed by atoms with van der Waals surface area (Å²) in [4.78, 5) is 21.5. The van der Waals surface area contributed by atoms with Crippen molar-refractivity contribution in [2.45, 2.75) is 32.7 Å². The molecule has 2 rings (SSSR count). The minimum Gasteiger partial charge on any atom is -0.321 e. The van der Waals surface area contributed by atoms with Gasteiger partial charge >= 0.3 is 18.0 Å². The number of halogens is 6. The fraction of sp³-hybridized carbons (Fsp3) is 0.417. The number of nitrogens with zero attached hydrogens (tertiary/aromatic N) is 4. The molecule has 27 heavy (non-hydrogen) atoms. The number of aryl methyl sites for hydroxylation is 1. The molecule has 0 atom stereocenters. The van der Waals surface area contributed by atoms with E-state index in [4.69, 9.17) is 0 Å². The number of nitro groups is 1. The van der Waals surface area contributed by atoms with Crippen molar-refractivity contribution in [1.29, 1.82) is 0 Å². The van der Waals surface area contributed by atoms with Gasteiger partial charge in [-0.3, -0.25) is 24.7 Å². The molecule has 2 aromatic heterocycles. The highest BCUT2D eigenvalue weighted by Crippen LogP contribution is 2.37.